The van der Waals surface area contributed by atoms with Gasteiger partial charge in [-0.05, 0) is 41.5 Å². The van der Waals surface area contributed by atoms with Crippen LogP contribution in [0.4, 0.5) is 4.79 Å². The predicted molar refractivity (Wildman–Crippen MR) is 123 cm³/mol. The molecule has 3 aliphatic rings. The number of alkyl carbamates (subject to hydrolysis) is 1. The van der Waals surface area contributed by atoms with Crippen molar-refractivity contribution in [3.8, 4) is 11.1 Å². The molecule has 2 aromatic carbocycles. The molecule has 4 atom stereocenters. The zero-order valence-corrected chi connectivity index (χ0v) is 18.7. The molecular formula is C26H28N2O6. The van der Waals surface area contributed by atoms with Crippen molar-refractivity contribution in [2.75, 3.05) is 13.2 Å². The minimum Gasteiger partial charge on any atom is -0.480 e. The normalized spacial score (nSPS) is 25.6. The third-order valence-corrected chi connectivity index (χ3v) is 7.29. The number of nitrogens with one attached hydrogen (secondary N) is 1. The number of aliphatic hydroxyl groups is 1. The first-order chi connectivity index (χ1) is 16.4. The molecule has 2 fully saturated rings. The third kappa shape index (κ3) is 4.14. The number of aliphatic hydroxyl groups excluding tert-OH is 1. The van der Waals surface area contributed by atoms with Crippen molar-refractivity contribution in [3.63, 3.8) is 0 Å². The van der Waals surface area contributed by atoms with Crippen LogP contribution in [0.15, 0.2) is 48.5 Å². The Kier molecular flexibility index (Phi) is 6.00. The Balaban J connectivity index is 1.16. The van der Waals surface area contributed by atoms with E-state index in [-0.39, 0.29) is 43.4 Å². The molecule has 1 aliphatic heterocycles. The summed E-state index contributed by atoms with van der Waals surface area (Å²) in [5.74, 6) is -1.76. The van der Waals surface area contributed by atoms with E-state index in [1.54, 1.807) is 0 Å². The Labute approximate surface area is 197 Å². The molecule has 8 heteroatoms. The van der Waals surface area contributed by atoms with E-state index in [9.17, 15) is 24.6 Å². The molecule has 8 nitrogen and oxygen atoms in total. The summed E-state index contributed by atoms with van der Waals surface area (Å²) in [7, 11) is 0. The number of carboxylic acid groups (broad SMARTS) is 1. The van der Waals surface area contributed by atoms with Crippen LogP contribution in [0.1, 0.15) is 42.7 Å². The molecule has 1 saturated heterocycles. The van der Waals surface area contributed by atoms with Crippen molar-refractivity contribution in [1.82, 2.24) is 10.2 Å². The molecule has 1 saturated carbocycles. The average molecular weight is 465 g/mol. The van der Waals surface area contributed by atoms with E-state index in [1.807, 2.05) is 24.3 Å². The van der Waals surface area contributed by atoms with Crippen LogP contribution < -0.4 is 5.32 Å². The fraction of sp³-hybridized carbons (Fsp3) is 0.423. The molecule has 2 unspecified atom stereocenters. The number of carbonyl (C=O) groups is 3. The number of ether oxygens (including phenoxy) is 1. The number of fused-ring (bicyclic) bond motifs is 3. The molecule has 0 spiro atoms. The minimum absolute atomic E-state index is 0.0226. The number of likely N-dealkylation sites (tertiary alicyclic amines) is 1. The van der Waals surface area contributed by atoms with Crippen molar-refractivity contribution >= 4 is 18.0 Å². The second-order valence-electron chi connectivity index (χ2n) is 9.41. The highest BCUT2D eigenvalue weighted by Gasteiger charge is 2.43. The van der Waals surface area contributed by atoms with Gasteiger partial charge in [-0.15, -0.1) is 0 Å². The average Bonchev–Trinajstić information content (AvgIpc) is 3.53. The number of nitrogens with zero attached hydrogens (tertiary/aromatic N) is 1. The SMILES string of the molecule is O=C(NC1CCC(C(=O)N2C[C@H](O)C[C@@H]2C(=O)O)C1)OCC1c2ccccc2-c2ccccc21. The molecular weight excluding hydrogens is 436 g/mol. The van der Waals surface area contributed by atoms with Gasteiger partial charge in [0.25, 0.3) is 0 Å². The van der Waals surface area contributed by atoms with Gasteiger partial charge in [-0.1, -0.05) is 48.5 Å². The molecule has 1 heterocycles. The van der Waals surface area contributed by atoms with Crippen molar-refractivity contribution in [3.05, 3.63) is 59.7 Å². The summed E-state index contributed by atoms with van der Waals surface area (Å²) >= 11 is 0. The first-order valence-corrected chi connectivity index (χ1v) is 11.7. The quantitative estimate of drug-likeness (QED) is 0.627. The Bertz CT molecular complexity index is 1070. The van der Waals surface area contributed by atoms with Crippen LogP contribution in [0.5, 0.6) is 0 Å². The molecule has 5 rings (SSSR count). The summed E-state index contributed by atoms with van der Waals surface area (Å²) in [6, 6.07) is 15.1. The van der Waals surface area contributed by atoms with E-state index in [2.05, 4.69) is 29.6 Å². The largest absolute Gasteiger partial charge is 0.480 e. The number of hydrogen-bond donors (Lipinski definition) is 3. The molecule has 0 aromatic heterocycles. The summed E-state index contributed by atoms with van der Waals surface area (Å²) in [6.45, 7) is 0.262. The van der Waals surface area contributed by atoms with Gasteiger partial charge >= 0.3 is 12.1 Å². The molecule has 34 heavy (non-hydrogen) atoms. The topological polar surface area (TPSA) is 116 Å². The van der Waals surface area contributed by atoms with Crippen LogP contribution in [-0.2, 0) is 14.3 Å². The lowest BCUT2D eigenvalue weighted by atomic mass is 9.98. The lowest BCUT2D eigenvalue weighted by Crippen LogP contribution is -2.43. The monoisotopic (exact) mass is 464 g/mol. The Morgan fingerprint density at radius 2 is 1.62 bits per heavy atom. The van der Waals surface area contributed by atoms with Crippen LogP contribution in [0.3, 0.4) is 0 Å². The Morgan fingerprint density at radius 3 is 2.26 bits per heavy atom. The van der Waals surface area contributed by atoms with Gasteiger partial charge in [-0.3, -0.25) is 4.79 Å². The number of aliphatic carboxylic acids is 1. The van der Waals surface area contributed by atoms with Crippen LogP contribution >= 0.6 is 0 Å². The van der Waals surface area contributed by atoms with E-state index < -0.39 is 24.2 Å². The van der Waals surface area contributed by atoms with E-state index in [0.717, 1.165) is 22.3 Å². The van der Waals surface area contributed by atoms with E-state index in [4.69, 9.17) is 4.74 Å². The summed E-state index contributed by atoms with van der Waals surface area (Å²) in [5, 5.41) is 22.1. The smallest absolute Gasteiger partial charge is 0.407 e. The van der Waals surface area contributed by atoms with Crippen molar-refractivity contribution in [1.29, 1.82) is 0 Å². The molecule has 2 aromatic rings. The maximum absolute atomic E-state index is 12.9. The van der Waals surface area contributed by atoms with E-state index >= 15 is 0 Å². The number of carbonyl (C=O) groups excluding carboxylic acids is 2. The maximum atomic E-state index is 12.9. The lowest BCUT2D eigenvalue weighted by molar-refractivity contribution is -0.149. The van der Waals surface area contributed by atoms with Gasteiger partial charge in [0.15, 0.2) is 0 Å². The predicted octanol–water partition coefficient (Wildman–Crippen LogP) is 2.74. The minimum atomic E-state index is -1.10. The fourth-order valence-electron chi connectivity index (χ4n) is 5.67. The zero-order valence-electron chi connectivity index (χ0n) is 18.7. The van der Waals surface area contributed by atoms with Crippen LogP contribution in [0.2, 0.25) is 0 Å². The van der Waals surface area contributed by atoms with Gasteiger partial charge in [0.1, 0.15) is 12.6 Å². The van der Waals surface area contributed by atoms with Gasteiger partial charge in [0.2, 0.25) is 5.91 Å². The summed E-state index contributed by atoms with van der Waals surface area (Å²) in [5.41, 5.74) is 4.61. The molecule has 3 N–H and O–H groups in total. The van der Waals surface area contributed by atoms with Crippen molar-refractivity contribution in [2.45, 2.75) is 49.8 Å². The first-order valence-electron chi connectivity index (χ1n) is 11.7. The molecule has 0 bridgehead atoms. The van der Waals surface area contributed by atoms with Gasteiger partial charge in [-0.25, -0.2) is 9.59 Å². The van der Waals surface area contributed by atoms with E-state index in [1.165, 1.54) is 4.90 Å². The number of β-amino-alcohol motifs (C(OH)–C–C–N with tert-alkyl or cyclic N) is 1. The van der Waals surface area contributed by atoms with Gasteiger partial charge in [0.05, 0.1) is 6.10 Å². The van der Waals surface area contributed by atoms with E-state index in [0.29, 0.717) is 19.3 Å². The Morgan fingerprint density at radius 1 is 0.971 bits per heavy atom. The van der Waals surface area contributed by atoms with Crippen LogP contribution in [-0.4, -0.2) is 64.4 Å². The second-order valence-corrected chi connectivity index (χ2v) is 9.41. The highest BCUT2D eigenvalue weighted by Crippen LogP contribution is 2.44. The van der Waals surface area contributed by atoms with Gasteiger partial charge < -0.3 is 25.2 Å². The third-order valence-electron chi connectivity index (χ3n) is 7.29. The van der Waals surface area contributed by atoms with Gasteiger partial charge in [0, 0.05) is 30.8 Å². The summed E-state index contributed by atoms with van der Waals surface area (Å²) in [4.78, 5) is 38.2. The van der Waals surface area contributed by atoms with Crippen molar-refractivity contribution in [2.24, 2.45) is 5.92 Å². The molecule has 178 valence electrons. The summed E-state index contributed by atoms with van der Waals surface area (Å²) in [6.07, 6.45) is 0.332. The maximum Gasteiger partial charge on any atom is 0.407 e. The number of amides is 2. The van der Waals surface area contributed by atoms with Crippen LogP contribution in [0.25, 0.3) is 11.1 Å². The number of rotatable bonds is 5. The number of hydrogen-bond acceptors (Lipinski definition) is 5. The zero-order chi connectivity index (χ0) is 23.8. The molecule has 0 radical (unpaired) electrons. The number of carboxylic acids is 1. The molecule has 2 amide bonds. The standard InChI is InChI=1S/C26H28N2O6/c29-17-12-23(25(31)32)28(13-17)24(30)15-9-10-16(11-15)27-26(33)34-14-22-20-7-3-1-5-18(20)19-6-2-4-8-21(19)22/h1-8,15-17,22-23,29H,9-14H2,(H,27,33)(H,31,32)/t15?,16?,17-,23-/m1/s1. The summed E-state index contributed by atoms with van der Waals surface area (Å²) < 4.78 is 5.60. The van der Waals surface area contributed by atoms with Crippen molar-refractivity contribution < 1.29 is 29.3 Å². The molecule has 2 aliphatic carbocycles. The highest BCUT2D eigenvalue weighted by molar-refractivity contribution is 5.86. The second kappa shape index (κ2) is 9.10. The Hall–Kier alpha value is -3.39. The first kappa shape index (κ1) is 22.4. The lowest BCUT2D eigenvalue weighted by Gasteiger charge is -2.24. The number of benzene rings is 2. The van der Waals surface area contributed by atoms with Gasteiger partial charge in [-0.2, -0.15) is 0 Å². The fourth-order valence-corrected chi connectivity index (χ4v) is 5.67. The highest BCUT2D eigenvalue weighted by atomic mass is 16.5. The van der Waals surface area contributed by atoms with Crippen LogP contribution in [0, 0.1) is 5.92 Å².